The van der Waals surface area contributed by atoms with E-state index in [4.69, 9.17) is 22.3 Å². The molecule has 1 aromatic carbocycles. The molecule has 0 saturated heterocycles. The van der Waals surface area contributed by atoms with Crippen molar-refractivity contribution in [3.05, 3.63) is 28.9 Å². The number of hydrogen-bond acceptors (Lipinski definition) is 3. The summed E-state index contributed by atoms with van der Waals surface area (Å²) in [6.07, 6.45) is 0. The molecule has 7 heteroatoms. The van der Waals surface area contributed by atoms with Crippen LogP contribution in [0.15, 0.2) is 18.2 Å². The number of hydrogen-bond donors (Lipinski definition) is 0. The van der Waals surface area contributed by atoms with Crippen LogP contribution in [-0.2, 0) is 21.9 Å². The fourth-order valence-electron chi connectivity index (χ4n) is 1.68. The topological polar surface area (TPSA) is 52.0 Å². The van der Waals surface area contributed by atoms with Crippen molar-refractivity contribution in [1.29, 1.82) is 0 Å². The van der Waals surface area contributed by atoms with Gasteiger partial charge in [0.25, 0.3) is 0 Å². The van der Waals surface area contributed by atoms with E-state index in [0.717, 1.165) is 5.39 Å². The second-order valence-corrected chi connectivity index (χ2v) is 6.55. The van der Waals surface area contributed by atoms with Gasteiger partial charge in [-0.15, -0.1) is 0 Å². The molecule has 2 rings (SSSR count). The van der Waals surface area contributed by atoms with E-state index >= 15 is 0 Å². The third-order valence-corrected chi connectivity index (χ3v) is 3.49. The van der Waals surface area contributed by atoms with Crippen LogP contribution in [-0.4, -0.2) is 18.2 Å². The molecule has 4 nitrogen and oxygen atoms in total. The number of fused-ring (bicyclic) bond motifs is 1. The molecule has 0 aliphatic heterocycles. The molecule has 0 atom stereocenters. The Morgan fingerprint density at radius 1 is 1.44 bits per heavy atom. The number of halogens is 2. The largest absolute Gasteiger partial charge is 0.266 e. The third-order valence-electron chi connectivity index (χ3n) is 2.23. The Hall–Kier alpha value is -0.780. The lowest BCUT2D eigenvalue weighted by molar-refractivity contribution is 0.609. The quantitative estimate of drug-likeness (QED) is 0.792. The Balaban J connectivity index is 2.71. The molecule has 0 unspecified atom stereocenters. The molecule has 0 amide bonds. The van der Waals surface area contributed by atoms with Crippen molar-refractivity contribution in [3.8, 4) is 0 Å². The van der Waals surface area contributed by atoms with Gasteiger partial charge in [-0.2, -0.15) is 5.10 Å². The SMILES string of the molecule is Cn1nc(Cl)c2cccc(CS(=O)(=O)Cl)c21. The Morgan fingerprint density at radius 3 is 2.75 bits per heavy atom. The van der Waals surface area contributed by atoms with Crippen LogP contribution in [0.1, 0.15) is 5.56 Å². The van der Waals surface area contributed by atoms with Gasteiger partial charge in [0, 0.05) is 23.1 Å². The number of aromatic nitrogens is 2. The zero-order valence-electron chi connectivity index (χ0n) is 8.31. The van der Waals surface area contributed by atoms with E-state index in [1.807, 2.05) is 0 Å². The van der Waals surface area contributed by atoms with Crippen LogP contribution in [0.5, 0.6) is 0 Å². The van der Waals surface area contributed by atoms with Crippen molar-refractivity contribution in [2.75, 3.05) is 0 Å². The average Bonchev–Trinajstić information content (AvgIpc) is 2.41. The third kappa shape index (κ3) is 2.16. The standard InChI is InChI=1S/C9H8Cl2N2O2S/c1-13-8-6(5-16(11,14)15)3-2-4-7(8)9(10)12-13/h2-4H,5H2,1H3. The van der Waals surface area contributed by atoms with Gasteiger partial charge >= 0.3 is 0 Å². The summed E-state index contributed by atoms with van der Waals surface area (Å²) in [6.45, 7) is 0. The summed E-state index contributed by atoms with van der Waals surface area (Å²) in [6, 6.07) is 5.21. The molecule has 0 N–H and O–H groups in total. The van der Waals surface area contributed by atoms with Crippen LogP contribution in [0.25, 0.3) is 10.9 Å². The predicted octanol–water partition coefficient (Wildman–Crippen LogP) is 2.30. The van der Waals surface area contributed by atoms with E-state index in [-0.39, 0.29) is 5.75 Å². The van der Waals surface area contributed by atoms with Gasteiger partial charge in [-0.3, -0.25) is 4.68 Å². The second kappa shape index (κ2) is 3.91. The van der Waals surface area contributed by atoms with E-state index in [0.29, 0.717) is 16.2 Å². The van der Waals surface area contributed by atoms with Crippen molar-refractivity contribution in [2.24, 2.45) is 7.05 Å². The molecule has 0 aliphatic carbocycles. The smallest absolute Gasteiger partial charge is 0.236 e. The zero-order valence-corrected chi connectivity index (χ0v) is 10.6. The first kappa shape index (κ1) is 11.7. The average molecular weight is 279 g/mol. The molecular formula is C9H8Cl2N2O2S. The molecule has 0 radical (unpaired) electrons. The van der Waals surface area contributed by atoms with Gasteiger partial charge in [-0.25, -0.2) is 8.42 Å². The molecule has 0 spiro atoms. The van der Waals surface area contributed by atoms with E-state index in [1.54, 1.807) is 29.9 Å². The number of rotatable bonds is 2. The molecule has 0 aliphatic rings. The van der Waals surface area contributed by atoms with Gasteiger partial charge in [0.1, 0.15) is 0 Å². The van der Waals surface area contributed by atoms with Crippen LogP contribution >= 0.6 is 22.3 Å². The lowest BCUT2D eigenvalue weighted by Crippen LogP contribution is -1.99. The van der Waals surface area contributed by atoms with E-state index in [2.05, 4.69) is 5.10 Å². The number of nitrogens with zero attached hydrogens (tertiary/aromatic N) is 2. The van der Waals surface area contributed by atoms with Crippen LogP contribution in [0.4, 0.5) is 0 Å². The summed E-state index contributed by atoms with van der Waals surface area (Å²) in [5, 5.41) is 5.10. The lowest BCUT2D eigenvalue weighted by Gasteiger charge is -2.02. The highest BCUT2D eigenvalue weighted by Gasteiger charge is 2.14. The Labute approximate surface area is 102 Å². The highest BCUT2D eigenvalue weighted by Crippen LogP contribution is 2.26. The lowest BCUT2D eigenvalue weighted by atomic mass is 10.2. The molecule has 1 heterocycles. The molecule has 86 valence electrons. The minimum absolute atomic E-state index is 0.234. The fourth-order valence-corrected chi connectivity index (χ4v) is 2.90. The van der Waals surface area contributed by atoms with Crippen molar-refractivity contribution in [2.45, 2.75) is 5.75 Å². The molecule has 0 bridgehead atoms. The Kier molecular flexibility index (Phi) is 2.86. The van der Waals surface area contributed by atoms with Gasteiger partial charge in [-0.1, -0.05) is 23.7 Å². The fraction of sp³-hybridized carbons (Fsp3) is 0.222. The summed E-state index contributed by atoms with van der Waals surface area (Å²) in [7, 11) is 3.36. The maximum atomic E-state index is 11.1. The Bertz CT molecular complexity index is 649. The van der Waals surface area contributed by atoms with Gasteiger partial charge < -0.3 is 0 Å². The maximum absolute atomic E-state index is 11.1. The molecule has 2 aromatic rings. The monoisotopic (exact) mass is 278 g/mol. The summed E-state index contributed by atoms with van der Waals surface area (Å²) in [5.74, 6) is -0.234. The number of aryl methyl sites for hydroxylation is 1. The predicted molar refractivity (Wildman–Crippen MR) is 64.2 cm³/mol. The van der Waals surface area contributed by atoms with Crippen LogP contribution in [0, 0.1) is 0 Å². The molecular weight excluding hydrogens is 271 g/mol. The van der Waals surface area contributed by atoms with Crippen molar-refractivity contribution < 1.29 is 8.42 Å². The molecule has 0 saturated carbocycles. The first-order chi connectivity index (χ1) is 7.38. The van der Waals surface area contributed by atoms with E-state index < -0.39 is 9.05 Å². The molecule has 0 fully saturated rings. The summed E-state index contributed by atoms with van der Waals surface area (Å²) < 4.78 is 23.7. The highest BCUT2D eigenvalue weighted by molar-refractivity contribution is 8.13. The first-order valence-corrected chi connectivity index (χ1v) is 7.26. The summed E-state index contributed by atoms with van der Waals surface area (Å²) >= 11 is 5.91. The first-order valence-electron chi connectivity index (χ1n) is 4.41. The number of benzene rings is 1. The minimum Gasteiger partial charge on any atom is -0.266 e. The van der Waals surface area contributed by atoms with Crippen molar-refractivity contribution >= 4 is 42.2 Å². The second-order valence-electron chi connectivity index (χ2n) is 3.41. The van der Waals surface area contributed by atoms with E-state index in [9.17, 15) is 8.42 Å². The van der Waals surface area contributed by atoms with Gasteiger partial charge in [0.2, 0.25) is 9.05 Å². The van der Waals surface area contributed by atoms with Gasteiger partial charge in [-0.05, 0) is 11.6 Å². The van der Waals surface area contributed by atoms with Gasteiger partial charge in [0.15, 0.2) is 5.15 Å². The van der Waals surface area contributed by atoms with Crippen LogP contribution in [0.2, 0.25) is 5.15 Å². The van der Waals surface area contributed by atoms with Crippen LogP contribution < -0.4 is 0 Å². The molecule has 1 aromatic heterocycles. The number of para-hydroxylation sites is 1. The van der Waals surface area contributed by atoms with Crippen molar-refractivity contribution in [3.63, 3.8) is 0 Å². The summed E-state index contributed by atoms with van der Waals surface area (Å²) in [4.78, 5) is 0. The highest BCUT2D eigenvalue weighted by atomic mass is 35.7. The normalized spacial score (nSPS) is 12.2. The van der Waals surface area contributed by atoms with Gasteiger partial charge in [0.05, 0.1) is 11.3 Å². The van der Waals surface area contributed by atoms with Crippen LogP contribution in [0.3, 0.4) is 0 Å². The Morgan fingerprint density at radius 2 is 2.12 bits per heavy atom. The minimum atomic E-state index is -3.59. The zero-order chi connectivity index (χ0) is 11.9. The summed E-state index contributed by atoms with van der Waals surface area (Å²) in [5.41, 5.74) is 1.28. The molecule has 16 heavy (non-hydrogen) atoms. The van der Waals surface area contributed by atoms with Crippen molar-refractivity contribution in [1.82, 2.24) is 9.78 Å². The van der Waals surface area contributed by atoms with E-state index in [1.165, 1.54) is 0 Å². The maximum Gasteiger partial charge on any atom is 0.236 e.